The van der Waals surface area contributed by atoms with Crippen molar-refractivity contribution in [2.24, 2.45) is 5.73 Å². The molecule has 0 aliphatic carbocycles. The highest BCUT2D eigenvalue weighted by molar-refractivity contribution is 6.25. The van der Waals surface area contributed by atoms with Crippen LogP contribution in [-0.2, 0) is 19.1 Å². The van der Waals surface area contributed by atoms with E-state index in [-0.39, 0.29) is 35.6 Å². The van der Waals surface area contributed by atoms with Crippen molar-refractivity contribution >= 4 is 29.3 Å². The van der Waals surface area contributed by atoms with Gasteiger partial charge in [-0.2, -0.15) is 0 Å². The van der Waals surface area contributed by atoms with Gasteiger partial charge in [0.2, 0.25) is 11.8 Å². The molecule has 1 aromatic carbocycles. The predicted octanol–water partition coefficient (Wildman–Crippen LogP) is 5.63. The maximum atomic E-state index is 13.1. The fraction of sp³-hybridized carbons (Fsp3) is 0.613. The number of nitrogens with one attached hydrogen (secondary N) is 1. The number of fused-ring (bicyclic) bond motifs is 1. The normalized spacial score (nSPS) is 12.9. The van der Waals surface area contributed by atoms with E-state index in [0.717, 1.165) is 30.8 Å². The van der Waals surface area contributed by atoms with Crippen LogP contribution >= 0.6 is 0 Å². The summed E-state index contributed by atoms with van der Waals surface area (Å²) < 4.78 is 11.2. The smallest absolute Gasteiger partial charge is 0.264 e. The second kappa shape index (κ2) is 20.8. The van der Waals surface area contributed by atoms with E-state index in [0.29, 0.717) is 32.7 Å². The molecule has 0 spiro atoms. The summed E-state index contributed by atoms with van der Waals surface area (Å²) in [6, 6.07) is 3.61. The number of anilines is 1. The van der Waals surface area contributed by atoms with Crippen molar-refractivity contribution in [3.8, 4) is 0 Å². The van der Waals surface area contributed by atoms with Gasteiger partial charge < -0.3 is 20.5 Å². The molecule has 1 atom stereocenters. The van der Waals surface area contributed by atoms with Gasteiger partial charge in [-0.25, -0.2) is 0 Å². The zero-order chi connectivity index (χ0) is 29.8. The molecule has 0 saturated heterocycles. The van der Waals surface area contributed by atoms with Crippen LogP contribution in [0, 0.1) is 0 Å². The van der Waals surface area contributed by atoms with Crippen LogP contribution in [0.15, 0.2) is 30.9 Å². The first-order valence-corrected chi connectivity index (χ1v) is 14.8. The molecule has 0 radical (unpaired) electrons. The number of amides is 4. The molecule has 0 saturated carbocycles. The molecular formula is C31H49N3O6. The number of nitrogens with zero attached hydrogens (tertiary/aromatic N) is 1. The Hall–Kier alpha value is -3.04. The summed E-state index contributed by atoms with van der Waals surface area (Å²) in [7, 11) is 0. The molecule has 1 aliphatic rings. The van der Waals surface area contributed by atoms with Crippen LogP contribution in [0.4, 0.5) is 5.69 Å². The van der Waals surface area contributed by atoms with Crippen LogP contribution in [0.25, 0.3) is 0 Å². The molecule has 1 aliphatic heterocycles. The van der Waals surface area contributed by atoms with Gasteiger partial charge in [0.15, 0.2) is 0 Å². The van der Waals surface area contributed by atoms with Gasteiger partial charge in [0.1, 0.15) is 6.04 Å². The Morgan fingerprint density at radius 2 is 1.57 bits per heavy atom. The van der Waals surface area contributed by atoms with Gasteiger partial charge in [-0.3, -0.25) is 24.1 Å². The summed E-state index contributed by atoms with van der Waals surface area (Å²) in [5.74, 6) is -2.23. The van der Waals surface area contributed by atoms with E-state index in [4.69, 9.17) is 15.2 Å². The van der Waals surface area contributed by atoms with Crippen molar-refractivity contribution in [1.82, 2.24) is 4.90 Å². The van der Waals surface area contributed by atoms with Crippen molar-refractivity contribution in [2.45, 2.75) is 97.4 Å². The number of imide groups is 1. The number of nitrogens with two attached hydrogens (primary N) is 1. The van der Waals surface area contributed by atoms with E-state index in [1.54, 1.807) is 18.2 Å². The first-order chi connectivity index (χ1) is 19.4. The monoisotopic (exact) mass is 559 g/mol. The summed E-state index contributed by atoms with van der Waals surface area (Å²) in [6.45, 7) is 12.4. The van der Waals surface area contributed by atoms with Crippen LogP contribution in [0.2, 0.25) is 0 Å². The number of rotatable bonds is 21. The molecule has 0 fully saturated rings. The Bertz CT molecular complexity index is 949. The first kappa shape index (κ1) is 35.0. The van der Waals surface area contributed by atoms with E-state index in [9.17, 15) is 19.2 Å². The fourth-order valence-electron chi connectivity index (χ4n) is 4.37. The molecule has 9 heteroatoms. The lowest BCUT2D eigenvalue weighted by Gasteiger charge is -2.23. The van der Waals surface area contributed by atoms with E-state index >= 15 is 0 Å². The van der Waals surface area contributed by atoms with Gasteiger partial charge in [-0.05, 0) is 44.2 Å². The Kier molecular flexibility index (Phi) is 18.2. The third-order valence-corrected chi connectivity index (χ3v) is 6.46. The molecular weight excluding hydrogens is 510 g/mol. The van der Waals surface area contributed by atoms with Crippen molar-refractivity contribution in [1.29, 1.82) is 0 Å². The number of ether oxygens (including phenoxy) is 2. The quantitative estimate of drug-likeness (QED) is 0.114. The Balaban J connectivity index is 0.00000391. The van der Waals surface area contributed by atoms with Crippen LogP contribution in [0.5, 0.6) is 0 Å². The number of hydrogen-bond acceptors (Lipinski definition) is 6. The fourth-order valence-corrected chi connectivity index (χ4v) is 4.37. The van der Waals surface area contributed by atoms with Gasteiger partial charge in [-0.1, -0.05) is 65.0 Å². The summed E-state index contributed by atoms with van der Waals surface area (Å²) in [4.78, 5) is 51.4. The summed E-state index contributed by atoms with van der Waals surface area (Å²) >= 11 is 0. The van der Waals surface area contributed by atoms with Crippen LogP contribution in [0.1, 0.15) is 112 Å². The third-order valence-electron chi connectivity index (χ3n) is 6.46. The highest BCUT2D eigenvalue weighted by atomic mass is 16.5. The second-order valence-electron chi connectivity index (χ2n) is 9.49. The van der Waals surface area contributed by atoms with E-state index < -0.39 is 23.8 Å². The van der Waals surface area contributed by atoms with Crippen molar-refractivity contribution in [3.63, 3.8) is 0 Å². The highest BCUT2D eigenvalue weighted by Gasteiger charge is 2.43. The average Bonchev–Trinajstić information content (AvgIpc) is 3.20. The summed E-state index contributed by atoms with van der Waals surface area (Å²) in [6.07, 6.45) is 10.9. The largest absolute Gasteiger partial charge is 0.379 e. The van der Waals surface area contributed by atoms with Crippen molar-refractivity contribution in [3.05, 3.63) is 42.0 Å². The molecule has 40 heavy (non-hydrogen) atoms. The van der Waals surface area contributed by atoms with Crippen molar-refractivity contribution in [2.75, 3.05) is 31.7 Å². The number of allylic oxidation sites excluding steroid dienone is 1. The molecule has 224 valence electrons. The number of hydrogen-bond donors (Lipinski definition) is 2. The summed E-state index contributed by atoms with van der Waals surface area (Å²) in [5.41, 5.74) is 5.97. The number of carbonyl (C=O) groups excluding carboxylic acids is 4. The van der Waals surface area contributed by atoms with Gasteiger partial charge in [0.25, 0.3) is 11.8 Å². The van der Waals surface area contributed by atoms with Crippen LogP contribution in [-0.4, -0.2) is 61.0 Å². The molecule has 1 unspecified atom stereocenters. The molecule has 9 nitrogen and oxygen atoms in total. The van der Waals surface area contributed by atoms with E-state index in [1.807, 2.05) is 13.8 Å². The minimum absolute atomic E-state index is 0.0901. The molecule has 2 rings (SSSR count). The zero-order valence-electron chi connectivity index (χ0n) is 24.7. The topological polar surface area (TPSA) is 128 Å². The number of carbonyl (C=O) groups is 4. The van der Waals surface area contributed by atoms with Crippen LogP contribution < -0.4 is 11.1 Å². The van der Waals surface area contributed by atoms with Gasteiger partial charge >= 0.3 is 0 Å². The van der Waals surface area contributed by atoms with Gasteiger partial charge in [-0.15, -0.1) is 6.58 Å². The number of primary amides is 1. The van der Waals surface area contributed by atoms with E-state index in [1.165, 1.54) is 31.7 Å². The lowest BCUT2D eigenvalue weighted by atomic mass is 10.1. The second-order valence-corrected chi connectivity index (χ2v) is 9.49. The lowest BCUT2D eigenvalue weighted by Crippen LogP contribution is -2.47. The van der Waals surface area contributed by atoms with Gasteiger partial charge in [0, 0.05) is 19.6 Å². The minimum Gasteiger partial charge on any atom is -0.379 e. The van der Waals surface area contributed by atoms with E-state index in [2.05, 4.69) is 18.8 Å². The zero-order valence-corrected chi connectivity index (χ0v) is 24.7. The SMILES string of the molecule is C=CCCC(C(N)=O)N1C(=O)c2cccc(NC(=O)CCCCCOCCOCCCCCCC)c2C1=O.CC. The van der Waals surface area contributed by atoms with Gasteiger partial charge in [0.05, 0.1) is 30.0 Å². The predicted molar refractivity (Wildman–Crippen MR) is 158 cm³/mol. The first-order valence-electron chi connectivity index (χ1n) is 14.8. The minimum atomic E-state index is -1.08. The maximum Gasteiger partial charge on any atom is 0.264 e. The van der Waals surface area contributed by atoms with Crippen LogP contribution in [0.3, 0.4) is 0 Å². The molecule has 1 aromatic rings. The molecule has 0 bridgehead atoms. The summed E-state index contributed by atoms with van der Waals surface area (Å²) in [5, 5.41) is 2.75. The number of benzene rings is 1. The molecule has 1 heterocycles. The standard InChI is InChI=1S/C29H43N3O6.C2H6/c1-3-5-7-8-11-18-37-20-21-38-19-12-9-10-17-25(33)31-23-15-13-14-22-26(23)29(36)32(28(22)35)24(27(30)34)16-6-4-2;1-2/h4,13-15,24H,2-3,5-12,16-21H2,1H3,(H2,30,34)(H,31,33);1-2H3. The molecule has 0 aromatic heterocycles. The molecule has 3 N–H and O–H groups in total. The average molecular weight is 560 g/mol. The lowest BCUT2D eigenvalue weighted by molar-refractivity contribution is -0.122. The Labute approximate surface area is 239 Å². The Morgan fingerprint density at radius 1 is 0.950 bits per heavy atom. The highest BCUT2D eigenvalue weighted by Crippen LogP contribution is 2.31. The van der Waals surface area contributed by atoms with Crippen molar-refractivity contribution < 1.29 is 28.7 Å². The molecule has 4 amide bonds. The Morgan fingerprint density at radius 3 is 2.17 bits per heavy atom. The number of unbranched alkanes of at least 4 members (excludes halogenated alkanes) is 6. The third kappa shape index (κ3) is 11.6. The maximum absolute atomic E-state index is 13.1.